The van der Waals surface area contributed by atoms with Crippen LogP contribution in [0.5, 0.6) is 0 Å². The van der Waals surface area contributed by atoms with Gasteiger partial charge < -0.3 is 5.11 Å². The molecule has 5 aromatic rings. The molecule has 1 N–H and O–H groups in total. The quantitative estimate of drug-likeness (QED) is 0.116. The van der Waals surface area contributed by atoms with Crippen LogP contribution in [0.4, 0.5) is 0 Å². The van der Waals surface area contributed by atoms with Gasteiger partial charge in [-0.1, -0.05) is 127 Å². The van der Waals surface area contributed by atoms with Crippen LogP contribution in [0.25, 0.3) is 0 Å². The maximum atomic E-state index is 9.55. The standard InChI is InChI=1S/C40H46N4O/c45-28-14-25-42(29-35-15-5-1-6-16-35)26-27-43(30-36-17-7-2-8-18-36)33-39-23-13-24-40(41-39)34-44(31-37-19-9-3-10-20-37)32-38-21-11-4-12-22-38/h1-13,15-24,45H,14,25-34H2. The number of rotatable bonds is 18. The SMILES string of the molecule is OCCCN(CCN(Cc1ccccc1)Cc1cccc(CN(Cc2ccccc2)Cc2ccccc2)n1)Cc1ccccc1. The van der Waals surface area contributed by atoms with E-state index in [2.05, 4.69) is 154 Å². The zero-order valence-corrected chi connectivity index (χ0v) is 26.3. The normalized spacial score (nSPS) is 11.5. The number of aliphatic hydroxyl groups is 1. The first kappa shape index (κ1) is 32.3. The second-order valence-corrected chi connectivity index (χ2v) is 11.8. The van der Waals surface area contributed by atoms with E-state index in [0.29, 0.717) is 0 Å². The number of aliphatic hydroxyl groups excluding tert-OH is 1. The summed E-state index contributed by atoms with van der Waals surface area (Å²) < 4.78 is 0. The van der Waals surface area contributed by atoms with Gasteiger partial charge in [-0.15, -0.1) is 0 Å². The van der Waals surface area contributed by atoms with Gasteiger partial charge in [0.1, 0.15) is 0 Å². The highest BCUT2D eigenvalue weighted by atomic mass is 16.3. The smallest absolute Gasteiger partial charge is 0.0548 e. The number of pyridine rings is 1. The summed E-state index contributed by atoms with van der Waals surface area (Å²) in [5.41, 5.74) is 7.39. The Bertz CT molecular complexity index is 1460. The van der Waals surface area contributed by atoms with Crippen molar-refractivity contribution in [3.05, 3.63) is 173 Å². The second-order valence-electron chi connectivity index (χ2n) is 11.8. The Morgan fingerprint density at radius 1 is 0.378 bits per heavy atom. The Morgan fingerprint density at radius 2 is 0.756 bits per heavy atom. The van der Waals surface area contributed by atoms with Gasteiger partial charge in [0.2, 0.25) is 0 Å². The third-order valence-electron chi connectivity index (χ3n) is 8.00. The van der Waals surface area contributed by atoms with Crippen LogP contribution in [0.15, 0.2) is 140 Å². The lowest BCUT2D eigenvalue weighted by Gasteiger charge is -2.28. The molecule has 0 spiro atoms. The number of aromatic nitrogens is 1. The summed E-state index contributed by atoms with van der Waals surface area (Å²) in [5, 5.41) is 9.55. The molecule has 45 heavy (non-hydrogen) atoms. The van der Waals surface area contributed by atoms with Crippen molar-refractivity contribution < 1.29 is 5.11 Å². The summed E-state index contributed by atoms with van der Waals surface area (Å²) in [6.45, 7) is 7.95. The van der Waals surface area contributed by atoms with E-state index in [1.165, 1.54) is 22.3 Å². The lowest BCUT2D eigenvalue weighted by molar-refractivity contribution is 0.173. The molecule has 0 unspecified atom stereocenters. The molecule has 4 aromatic carbocycles. The van der Waals surface area contributed by atoms with E-state index in [1.807, 2.05) is 0 Å². The molecule has 232 valence electrons. The van der Waals surface area contributed by atoms with Crippen molar-refractivity contribution in [3.8, 4) is 0 Å². The molecule has 0 saturated heterocycles. The maximum Gasteiger partial charge on any atom is 0.0548 e. The van der Waals surface area contributed by atoms with Crippen LogP contribution in [0.1, 0.15) is 40.1 Å². The van der Waals surface area contributed by atoms with Crippen LogP contribution in [0.3, 0.4) is 0 Å². The fourth-order valence-corrected chi connectivity index (χ4v) is 5.76. The third kappa shape index (κ3) is 11.4. The maximum absolute atomic E-state index is 9.55. The van der Waals surface area contributed by atoms with Crippen molar-refractivity contribution in [3.63, 3.8) is 0 Å². The zero-order valence-electron chi connectivity index (χ0n) is 26.3. The highest BCUT2D eigenvalue weighted by Crippen LogP contribution is 2.16. The molecule has 0 aliphatic carbocycles. The van der Waals surface area contributed by atoms with Crippen molar-refractivity contribution in [1.29, 1.82) is 0 Å². The third-order valence-corrected chi connectivity index (χ3v) is 8.00. The molecule has 5 heteroatoms. The van der Waals surface area contributed by atoms with Crippen molar-refractivity contribution in [2.24, 2.45) is 0 Å². The van der Waals surface area contributed by atoms with Crippen molar-refractivity contribution in [1.82, 2.24) is 19.7 Å². The van der Waals surface area contributed by atoms with Gasteiger partial charge in [0, 0.05) is 65.5 Å². The lowest BCUT2D eigenvalue weighted by Crippen LogP contribution is -2.35. The van der Waals surface area contributed by atoms with Gasteiger partial charge in [0.15, 0.2) is 0 Å². The molecular formula is C40H46N4O. The summed E-state index contributed by atoms with van der Waals surface area (Å²) in [5.74, 6) is 0. The minimum atomic E-state index is 0.210. The Hall–Kier alpha value is -4.13. The average molecular weight is 599 g/mol. The Balaban J connectivity index is 1.29. The molecule has 5 nitrogen and oxygen atoms in total. The first-order valence-corrected chi connectivity index (χ1v) is 16.1. The molecule has 0 bridgehead atoms. The molecule has 5 rings (SSSR count). The fourth-order valence-electron chi connectivity index (χ4n) is 5.76. The van der Waals surface area contributed by atoms with E-state index < -0.39 is 0 Å². The lowest BCUT2D eigenvalue weighted by atomic mass is 10.1. The first-order valence-electron chi connectivity index (χ1n) is 16.1. The van der Waals surface area contributed by atoms with E-state index in [-0.39, 0.29) is 6.61 Å². The Morgan fingerprint density at radius 3 is 1.20 bits per heavy atom. The van der Waals surface area contributed by atoms with Crippen molar-refractivity contribution in [2.75, 3.05) is 26.2 Å². The summed E-state index contributed by atoms with van der Waals surface area (Å²) in [6, 6.07) is 49.2. The monoisotopic (exact) mass is 598 g/mol. The number of hydrogen-bond acceptors (Lipinski definition) is 5. The summed E-state index contributed by atoms with van der Waals surface area (Å²) >= 11 is 0. The van der Waals surface area contributed by atoms with Crippen LogP contribution in [-0.4, -0.2) is 51.0 Å². The molecule has 0 atom stereocenters. The largest absolute Gasteiger partial charge is 0.396 e. The average Bonchev–Trinajstić information content (AvgIpc) is 3.08. The van der Waals surface area contributed by atoms with Gasteiger partial charge in [-0.3, -0.25) is 19.7 Å². The summed E-state index contributed by atoms with van der Waals surface area (Å²) in [7, 11) is 0. The van der Waals surface area contributed by atoms with E-state index in [4.69, 9.17) is 4.98 Å². The minimum absolute atomic E-state index is 0.210. The molecule has 0 fully saturated rings. The van der Waals surface area contributed by atoms with E-state index in [1.54, 1.807) is 0 Å². The highest BCUT2D eigenvalue weighted by Gasteiger charge is 2.14. The van der Waals surface area contributed by atoms with Gasteiger partial charge in [-0.05, 0) is 40.8 Å². The topological polar surface area (TPSA) is 42.8 Å². The molecule has 0 amide bonds. The molecular weight excluding hydrogens is 552 g/mol. The molecule has 0 aliphatic rings. The van der Waals surface area contributed by atoms with Crippen LogP contribution >= 0.6 is 0 Å². The summed E-state index contributed by atoms with van der Waals surface area (Å²) in [4.78, 5) is 12.6. The molecule has 1 heterocycles. The molecule has 0 saturated carbocycles. The van der Waals surface area contributed by atoms with Gasteiger partial charge in [-0.25, -0.2) is 0 Å². The van der Waals surface area contributed by atoms with E-state index in [9.17, 15) is 5.11 Å². The van der Waals surface area contributed by atoms with Crippen LogP contribution < -0.4 is 0 Å². The van der Waals surface area contributed by atoms with E-state index >= 15 is 0 Å². The predicted octanol–water partition coefficient (Wildman–Crippen LogP) is 7.17. The Labute approximate surface area is 269 Å². The van der Waals surface area contributed by atoms with Crippen LogP contribution in [0.2, 0.25) is 0 Å². The molecule has 0 aliphatic heterocycles. The number of benzene rings is 4. The van der Waals surface area contributed by atoms with E-state index in [0.717, 1.165) is 76.7 Å². The van der Waals surface area contributed by atoms with Crippen LogP contribution in [0, 0.1) is 0 Å². The van der Waals surface area contributed by atoms with Gasteiger partial charge in [-0.2, -0.15) is 0 Å². The summed E-state index contributed by atoms with van der Waals surface area (Å²) in [6.07, 6.45) is 0.775. The van der Waals surface area contributed by atoms with Gasteiger partial charge >= 0.3 is 0 Å². The Kier molecular flexibility index (Phi) is 12.9. The van der Waals surface area contributed by atoms with Gasteiger partial charge in [0.25, 0.3) is 0 Å². The van der Waals surface area contributed by atoms with Gasteiger partial charge in [0.05, 0.1) is 11.4 Å². The minimum Gasteiger partial charge on any atom is -0.396 e. The first-order chi connectivity index (χ1) is 22.2. The van der Waals surface area contributed by atoms with Crippen molar-refractivity contribution in [2.45, 2.75) is 45.7 Å². The zero-order chi connectivity index (χ0) is 30.9. The second kappa shape index (κ2) is 18.0. The number of nitrogens with zero attached hydrogens (tertiary/aromatic N) is 4. The van der Waals surface area contributed by atoms with Crippen molar-refractivity contribution >= 4 is 0 Å². The fraction of sp³-hybridized carbons (Fsp3) is 0.275. The van der Waals surface area contributed by atoms with Crippen LogP contribution in [-0.2, 0) is 39.3 Å². The predicted molar refractivity (Wildman–Crippen MR) is 184 cm³/mol. The number of hydrogen-bond donors (Lipinski definition) is 1. The molecule has 0 radical (unpaired) electrons. The molecule has 1 aromatic heterocycles. The highest BCUT2D eigenvalue weighted by molar-refractivity contribution is 5.19.